The first-order valence-corrected chi connectivity index (χ1v) is 8.17. The summed E-state index contributed by atoms with van der Waals surface area (Å²) in [6.45, 7) is 1.13. The number of fused-ring (bicyclic) bond motifs is 1. The number of nitrogens with one attached hydrogen (secondary N) is 1. The molecule has 110 valence electrons. The Labute approximate surface area is 142 Å². The van der Waals surface area contributed by atoms with E-state index < -0.39 is 0 Å². The highest BCUT2D eigenvalue weighted by molar-refractivity contribution is 14.1. The summed E-state index contributed by atoms with van der Waals surface area (Å²) < 4.78 is 12.4. The van der Waals surface area contributed by atoms with Crippen LogP contribution in [0.15, 0.2) is 36.4 Å². The van der Waals surface area contributed by atoms with Crippen molar-refractivity contribution in [2.75, 3.05) is 20.3 Å². The van der Waals surface area contributed by atoms with Crippen molar-refractivity contribution in [2.45, 2.75) is 6.04 Å². The van der Waals surface area contributed by atoms with Crippen LogP contribution in [-0.2, 0) is 0 Å². The fourth-order valence-corrected chi connectivity index (χ4v) is 3.45. The smallest absolute Gasteiger partial charge is 0.162 e. The van der Waals surface area contributed by atoms with Gasteiger partial charge in [0.05, 0.1) is 6.04 Å². The summed E-state index contributed by atoms with van der Waals surface area (Å²) in [7, 11) is 1.93. The van der Waals surface area contributed by atoms with Gasteiger partial charge in [0.25, 0.3) is 0 Å². The molecule has 0 radical (unpaired) electrons. The van der Waals surface area contributed by atoms with Gasteiger partial charge in [-0.1, -0.05) is 29.8 Å². The average Bonchev–Trinajstić information content (AvgIpc) is 2.50. The maximum atomic E-state index is 6.46. The molecule has 0 saturated carbocycles. The molecule has 21 heavy (non-hydrogen) atoms. The molecule has 2 aromatic rings. The van der Waals surface area contributed by atoms with Crippen molar-refractivity contribution in [1.29, 1.82) is 0 Å². The van der Waals surface area contributed by atoms with Crippen LogP contribution in [0.4, 0.5) is 0 Å². The van der Waals surface area contributed by atoms with Gasteiger partial charge in [-0.2, -0.15) is 0 Å². The lowest BCUT2D eigenvalue weighted by Gasteiger charge is -2.24. The first-order chi connectivity index (χ1) is 10.2. The van der Waals surface area contributed by atoms with Crippen molar-refractivity contribution in [2.24, 2.45) is 0 Å². The second-order valence-corrected chi connectivity index (χ2v) is 6.33. The zero-order valence-corrected chi connectivity index (χ0v) is 14.4. The molecule has 1 aliphatic rings. The van der Waals surface area contributed by atoms with Crippen LogP contribution in [0.1, 0.15) is 17.2 Å². The van der Waals surface area contributed by atoms with Crippen molar-refractivity contribution in [3.63, 3.8) is 0 Å². The number of hydrogen-bond donors (Lipinski definition) is 1. The highest BCUT2D eigenvalue weighted by atomic mass is 127. The third-order valence-corrected chi connectivity index (χ3v) is 4.79. The molecule has 5 heteroatoms. The quantitative estimate of drug-likeness (QED) is 0.768. The molecule has 1 unspecified atom stereocenters. The van der Waals surface area contributed by atoms with Crippen molar-refractivity contribution in [3.05, 3.63) is 56.1 Å². The molecule has 0 fully saturated rings. The molecular formula is C16H15ClINO2. The van der Waals surface area contributed by atoms with Gasteiger partial charge in [0, 0.05) is 14.7 Å². The molecule has 0 aromatic heterocycles. The maximum Gasteiger partial charge on any atom is 0.162 e. The number of halogens is 2. The van der Waals surface area contributed by atoms with Gasteiger partial charge in [0.15, 0.2) is 11.5 Å². The summed E-state index contributed by atoms with van der Waals surface area (Å²) in [5, 5.41) is 4.02. The molecule has 2 aromatic carbocycles. The van der Waals surface area contributed by atoms with Crippen LogP contribution in [0.5, 0.6) is 11.5 Å². The van der Waals surface area contributed by atoms with Crippen molar-refractivity contribution in [3.8, 4) is 11.5 Å². The highest BCUT2D eigenvalue weighted by Crippen LogP contribution is 2.39. The van der Waals surface area contributed by atoms with Gasteiger partial charge in [-0.3, -0.25) is 0 Å². The van der Waals surface area contributed by atoms with E-state index in [0.717, 1.165) is 11.3 Å². The Balaban J connectivity index is 2.07. The zero-order valence-electron chi connectivity index (χ0n) is 11.5. The lowest BCUT2D eigenvalue weighted by atomic mass is 9.98. The third-order valence-electron chi connectivity index (χ3n) is 3.48. The zero-order chi connectivity index (χ0) is 14.8. The van der Waals surface area contributed by atoms with E-state index >= 15 is 0 Å². The standard InChI is InChI=1S/C16H15ClINO2/c1-19-16(10-4-2-3-5-13(10)18)11-8-14-15(9-12(11)17)21-7-6-20-14/h2-5,8-9,16,19H,6-7H2,1H3. The first-order valence-electron chi connectivity index (χ1n) is 6.71. The van der Waals surface area contributed by atoms with Gasteiger partial charge in [0.1, 0.15) is 13.2 Å². The van der Waals surface area contributed by atoms with Gasteiger partial charge < -0.3 is 14.8 Å². The van der Waals surface area contributed by atoms with E-state index in [0.29, 0.717) is 24.0 Å². The number of rotatable bonds is 3. The molecule has 3 nitrogen and oxygen atoms in total. The van der Waals surface area contributed by atoms with Crippen LogP contribution >= 0.6 is 34.2 Å². The lowest BCUT2D eigenvalue weighted by Crippen LogP contribution is -2.20. The maximum absolute atomic E-state index is 6.46. The second kappa shape index (κ2) is 6.42. The molecule has 1 aliphatic heterocycles. The second-order valence-electron chi connectivity index (χ2n) is 4.76. The highest BCUT2D eigenvalue weighted by Gasteiger charge is 2.22. The van der Waals surface area contributed by atoms with Crippen LogP contribution in [0.2, 0.25) is 5.02 Å². The Bertz CT molecular complexity index is 663. The van der Waals surface area contributed by atoms with Gasteiger partial charge >= 0.3 is 0 Å². The minimum Gasteiger partial charge on any atom is -0.486 e. The molecule has 3 rings (SSSR count). The molecular weight excluding hydrogens is 401 g/mol. The summed E-state index contributed by atoms with van der Waals surface area (Å²) >= 11 is 8.80. The number of hydrogen-bond acceptors (Lipinski definition) is 3. The van der Waals surface area contributed by atoms with E-state index in [1.165, 1.54) is 9.13 Å². The molecule has 0 bridgehead atoms. The van der Waals surface area contributed by atoms with E-state index in [2.05, 4.69) is 40.0 Å². The third kappa shape index (κ3) is 2.98. The van der Waals surface area contributed by atoms with Crippen LogP contribution in [0.3, 0.4) is 0 Å². The Morgan fingerprint density at radius 3 is 2.43 bits per heavy atom. The minimum absolute atomic E-state index is 0.0152. The fraction of sp³-hybridized carbons (Fsp3) is 0.250. The van der Waals surface area contributed by atoms with Gasteiger partial charge in [-0.15, -0.1) is 0 Å². The van der Waals surface area contributed by atoms with Crippen molar-refractivity contribution in [1.82, 2.24) is 5.32 Å². The van der Waals surface area contributed by atoms with E-state index in [1.54, 1.807) is 0 Å². The fourth-order valence-electron chi connectivity index (χ4n) is 2.49. The summed E-state index contributed by atoms with van der Waals surface area (Å²) in [5.74, 6) is 1.47. The summed E-state index contributed by atoms with van der Waals surface area (Å²) in [4.78, 5) is 0. The molecule has 1 heterocycles. The minimum atomic E-state index is 0.0152. The molecule has 0 aliphatic carbocycles. The largest absolute Gasteiger partial charge is 0.486 e. The Kier molecular flexibility index (Phi) is 4.57. The van der Waals surface area contributed by atoms with Gasteiger partial charge in [-0.25, -0.2) is 0 Å². The predicted molar refractivity (Wildman–Crippen MR) is 92.5 cm³/mol. The van der Waals surface area contributed by atoms with E-state index in [1.807, 2.05) is 31.3 Å². The van der Waals surface area contributed by atoms with E-state index in [9.17, 15) is 0 Å². The summed E-state index contributed by atoms with van der Waals surface area (Å²) in [6, 6.07) is 12.1. The SMILES string of the molecule is CNC(c1cc2c(cc1Cl)OCCO2)c1ccccc1I. The van der Waals surface area contributed by atoms with Crippen LogP contribution in [-0.4, -0.2) is 20.3 Å². The van der Waals surface area contributed by atoms with Crippen molar-refractivity contribution >= 4 is 34.2 Å². The molecule has 1 N–H and O–H groups in total. The molecule has 0 amide bonds. The first kappa shape index (κ1) is 14.9. The lowest BCUT2D eigenvalue weighted by molar-refractivity contribution is 0.171. The summed E-state index contributed by atoms with van der Waals surface area (Å²) in [6.07, 6.45) is 0. The predicted octanol–water partition coefficient (Wildman–Crippen LogP) is 4.02. The van der Waals surface area contributed by atoms with E-state index in [-0.39, 0.29) is 6.04 Å². The van der Waals surface area contributed by atoms with Gasteiger partial charge in [0.2, 0.25) is 0 Å². The molecule has 1 atom stereocenters. The Morgan fingerprint density at radius 2 is 1.76 bits per heavy atom. The average molecular weight is 416 g/mol. The molecule has 0 saturated heterocycles. The monoisotopic (exact) mass is 415 g/mol. The number of benzene rings is 2. The Morgan fingerprint density at radius 1 is 1.10 bits per heavy atom. The normalized spacial score (nSPS) is 14.8. The topological polar surface area (TPSA) is 30.5 Å². The van der Waals surface area contributed by atoms with Gasteiger partial charge in [-0.05, 0) is 52.9 Å². The summed E-state index contributed by atoms with van der Waals surface area (Å²) in [5.41, 5.74) is 2.19. The van der Waals surface area contributed by atoms with Crippen molar-refractivity contribution < 1.29 is 9.47 Å². The molecule has 0 spiro atoms. The van der Waals surface area contributed by atoms with Crippen LogP contribution < -0.4 is 14.8 Å². The Hall–Kier alpha value is -0.980. The van der Waals surface area contributed by atoms with E-state index in [4.69, 9.17) is 21.1 Å². The van der Waals surface area contributed by atoms with Crippen LogP contribution in [0.25, 0.3) is 0 Å². The number of ether oxygens (including phenoxy) is 2. The van der Waals surface area contributed by atoms with Crippen LogP contribution in [0, 0.1) is 3.57 Å².